The zero-order valence-corrected chi connectivity index (χ0v) is 89.4. The third-order valence-electron chi connectivity index (χ3n) is 24.5. The fourth-order valence-electron chi connectivity index (χ4n) is 17.3. The standard InChI is InChI=1S/C63H66N4O5S3Si.C47H48N4O5S3.CH4.S5/c1-44(2)55-59(69)72-50(30-22-23-39-74-63(47-24-12-7-13-25-47,48-26-14-8-15-27-48)49-28-16-9-17-29-49)40-53(68)64-41-54-65-56(58-67-62(6,43-73-58)60(70)66-55)57(75-54)46-37-35-45(36-38-46)42-71-76(61(3,4)5,51-31-18-10-19-32-51)52-33-20-11-21-34-52;1-31(2)40-44(54)56-37(21-13-14-26-58-47(34-15-7-4-8-16-34,35-17-9-5-10-18-35)36-19-11-6-12-20-36)27-38(53)48-28-39-49-41(43-51-46(3,30-57-43)45(55)50-40)42(59-39)33-24-22-32(29-52)23-25-33;;1-3-5-4-2/h7-22,24-38,44,50,55H,23,39-43H2,1-6H3,(H,64,68)(H,66,70);4-13,15-25,31,37,40,52H,14,26-30H2,1-3H3,(H,48,53)(H,50,55);1H4;/b30-22+;21-13+;;/t50-,55+,62+;37-,40+,46+;;/m11../s1. The number of nitrogens with zero attached hydrogens (tertiary/aromatic N) is 4. The molecule has 2 aromatic heterocycles. The third kappa shape index (κ3) is 26.5. The predicted octanol–water partition coefficient (Wildman–Crippen LogP) is 20.8. The van der Waals surface area contributed by atoms with Gasteiger partial charge in [-0.2, -0.15) is 0 Å². The van der Waals surface area contributed by atoms with E-state index in [4.69, 9.17) is 33.9 Å². The molecule has 0 saturated heterocycles. The SMILES string of the molecule is C.CC(C)[C@@H]1NC(=O)[C@]2(C)CSC(=N2)c2nc(sc2-c2ccc(CO)cc2)CNC(=O)C[C@@H](/C=C/CCSC(c2ccccc2)(c2ccccc2)c2ccccc2)OC1=O.CC(C)[C@@H]1NC(=O)[C@]2(C)CSC(=N2)c2nc(sc2-c2ccc(CO[Si](c3ccccc3)(c3ccccc3)C(C)(C)C)cc2)CNC(=O)C[C@@H](/C=C/CCSC(c2ccccc2)(c2ccccc2)c2ccccc2)OC1=O.S=S=S=S=S. The Labute approximate surface area is 872 Å². The fraction of sp³-hybridized carbons (Fsp3) is 0.297. The Morgan fingerprint density at radius 2 is 0.794 bits per heavy atom. The molecule has 4 amide bonds. The number of cyclic esters (lactones) is 2. The second-order valence-electron chi connectivity index (χ2n) is 36.2. The number of aliphatic hydroxyl groups excluding tert-OH is 1. The number of aliphatic imine (C=N–C) groups is 2. The molecule has 6 atom stereocenters. The molecular formula is C111H118N8O10S11Si. The first kappa shape index (κ1) is 108. The van der Waals surface area contributed by atoms with Crippen LogP contribution in [0, 0.1) is 11.8 Å². The zero-order chi connectivity index (χ0) is 98.9. The number of carbonyl (C=O) groups excluding carboxylic acids is 6. The smallest absolute Gasteiger partial charge is 0.329 e. The summed E-state index contributed by atoms with van der Waals surface area (Å²) in [5.41, 5.74) is 9.65. The van der Waals surface area contributed by atoms with Crippen molar-refractivity contribution in [3.63, 3.8) is 0 Å². The Balaban J connectivity index is 0.000000231. The van der Waals surface area contributed by atoms with Gasteiger partial charge < -0.3 is 40.3 Å². The minimum absolute atomic E-state index is 0. The van der Waals surface area contributed by atoms with E-state index in [0.717, 1.165) is 43.5 Å². The van der Waals surface area contributed by atoms with Crippen molar-refractivity contribution < 1.29 is 47.8 Å². The van der Waals surface area contributed by atoms with Gasteiger partial charge in [-0.25, -0.2) is 19.6 Å². The van der Waals surface area contributed by atoms with E-state index in [1.807, 2.05) is 130 Å². The summed E-state index contributed by atoms with van der Waals surface area (Å²) in [4.78, 5) is 105. The van der Waals surface area contributed by atoms with Crippen LogP contribution in [0.5, 0.6) is 0 Å². The van der Waals surface area contributed by atoms with Crippen molar-refractivity contribution in [2.45, 2.75) is 172 Å². The molecular weight excluding hydrogens is 1990 g/mol. The summed E-state index contributed by atoms with van der Waals surface area (Å²) in [5.74, 6) is -0.999. The number of aliphatic hydroxyl groups is 1. The summed E-state index contributed by atoms with van der Waals surface area (Å²) >= 11 is 18.4. The molecule has 16 rings (SSSR count). The first-order chi connectivity index (χ1) is 67.7. The van der Waals surface area contributed by atoms with Crippen molar-refractivity contribution in [3.05, 3.63) is 381 Å². The van der Waals surface area contributed by atoms with Gasteiger partial charge in [0.15, 0.2) is 0 Å². The molecule has 0 spiro atoms. The van der Waals surface area contributed by atoms with Gasteiger partial charge in [-0.1, -0.05) is 359 Å². The van der Waals surface area contributed by atoms with Gasteiger partial charge in [0, 0.05) is 60.5 Å². The highest BCUT2D eigenvalue weighted by Crippen LogP contribution is 2.51. The molecule has 732 valence electrons. The third-order valence-corrected chi connectivity index (χ3v) is 41.9. The molecule has 8 bridgehead atoms. The molecule has 5 N–H and O–H groups in total. The van der Waals surface area contributed by atoms with Gasteiger partial charge in [0.2, 0.25) is 23.6 Å². The average Bonchev–Trinajstić information content (AvgIpc) is 0.987. The van der Waals surface area contributed by atoms with E-state index in [1.54, 1.807) is 19.9 Å². The summed E-state index contributed by atoms with van der Waals surface area (Å²) in [5, 5.41) is 26.5. The van der Waals surface area contributed by atoms with Crippen molar-refractivity contribution >= 4 is 183 Å². The lowest BCUT2D eigenvalue weighted by Crippen LogP contribution is -2.66. The number of nitrogens with one attached hydrogen (secondary N) is 4. The summed E-state index contributed by atoms with van der Waals surface area (Å²) in [6, 6.07) is 98.5. The summed E-state index contributed by atoms with van der Waals surface area (Å²) in [7, 11) is 1.17. The van der Waals surface area contributed by atoms with Crippen LogP contribution in [-0.2, 0) is 127 Å². The van der Waals surface area contributed by atoms with Crippen LogP contribution in [-0.4, -0.2) is 127 Å². The molecule has 4 aliphatic heterocycles. The number of benzene rings is 10. The molecule has 6 heterocycles. The molecule has 30 heteroatoms. The number of rotatable bonds is 26. The summed E-state index contributed by atoms with van der Waals surface area (Å²) in [6.45, 7) is 18.5. The molecule has 0 unspecified atom stereocenters. The van der Waals surface area contributed by atoms with Gasteiger partial charge in [-0.3, -0.25) is 29.2 Å². The molecule has 0 fully saturated rings. The van der Waals surface area contributed by atoms with Gasteiger partial charge in [-0.15, -0.1) is 69.7 Å². The number of thiazole rings is 2. The highest BCUT2D eigenvalue weighted by atomic mass is 33.3. The lowest BCUT2D eigenvalue weighted by atomic mass is 9.84. The minimum atomic E-state index is -2.78. The van der Waals surface area contributed by atoms with E-state index in [-0.39, 0.29) is 80.5 Å². The molecule has 18 nitrogen and oxygen atoms in total. The Hall–Kier alpha value is -10.3. The topological polar surface area (TPSA) is 249 Å². The maximum atomic E-state index is 14.3. The van der Waals surface area contributed by atoms with Crippen LogP contribution >= 0.6 is 69.7 Å². The van der Waals surface area contributed by atoms with Gasteiger partial charge >= 0.3 is 11.9 Å². The van der Waals surface area contributed by atoms with Crippen LogP contribution in [0.3, 0.4) is 0 Å². The molecule has 0 aliphatic carbocycles. The van der Waals surface area contributed by atoms with E-state index < -0.39 is 65.1 Å². The number of hydrogen-bond donors (Lipinski definition) is 5. The number of amides is 4. The summed E-state index contributed by atoms with van der Waals surface area (Å²) in [6.07, 6.45) is 6.84. The van der Waals surface area contributed by atoms with E-state index in [2.05, 4.69) is 295 Å². The molecule has 12 aromatic rings. The van der Waals surface area contributed by atoms with Crippen molar-refractivity contribution in [1.29, 1.82) is 0 Å². The van der Waals surface area contributed by atoms with Gasteiger partial charge in [0.05, 0.1) is 58.4 Å². The highest BCUT2D eigenvalue weighted by Gasteiger charge is 2.51. The Bertz CT molecular complexity index is 6270. The maximum Gasteiger partial charge on any atom is 0.329 e. The summed E-state index contributed by atoms with van der Waals surface area (Å²) < 4.78 is 18.5. The monoisotopic (exact) mass is 2100 g/mol. The van der Waals surface area contributed by atoms with Gasteiger partial charge in [-0.05, 0) is 133 Å². The first-order valence-electron chi connectivity index (χ1n) is 46.5. The number of carbonyl (C=O) groups is 6. The number of esters is 2. The van der Waals surface area contributed by atoms with Gasteiger partial charge in [0.25, 0.3) is 8.32 Å². The highest BCUT2D eigenvalue weighted by molar-refractivity contribution is 8.59. The van der Waals surface area contributed by atoms with Crippen LogP contribution in [0.1, 0.15) is 161 Å². The normalized spacial score (nSPS) is 18.8. The molecule has 0 saturated carbocycles. The van der Waals surface area contributed by atoms with Crippen LogP contribution in [0.4, 0.5) is 0 Å². The lowest BCUT2D eigenvalue weighted by molar-refractivity contribution is -0.154. The first-order valence-corrected chi connectivity index (χ1v) is 59.3. The van der Waals surface area contributed by atoms with E-state index >= 15 is 0 Å². The lowest BCUT2D eigenvalue weighted by Gasteiger charge is -2.43. The Morgan fingerprint density at radius 3 is 1.09 bits per heavy atom. The van der Waals surface area contributed by atoms with E-state index in [1.165, 1.54) is 117 Å². The molecule has 4 aliphatic rings. The molecule has 10 aromatic carbocycles. The predicted molar refractivity (Wildman–Crippen MR) is 599 cm³/mol. The second-order valence-corrected chi connectivity index (χ2v) is 52.6. The fourth-order valence-corrected chi connectivity index (χ4v) is 32.0. The number of hydrogen-bond acceptors (Lipinski definition) is 22. The molecule has 141 heavy (non-hydrogen) atoms. The van der Waals surface area contributed by atoms with Crippen LogP contribution in [0.2, 0.25) is 5.04 Å². The Morgan fingerprint density at radius 1 is 0.475 bits per heavy atom. The van der Waals surface area contributed by atoms with Crippen LogP contribution in [0.15, 0.2) is 325 Å². The number of allylic oxidation sites excluding steroid dienone is 2. The van der Waals surface area contributed by atoms with Gasteiger partial charge in [0.1, 0.15) is 66.9 Å². The second kappa shape index (κ2) is 50.8. The van der Waals surface area contributed by atoms with Crippen LogP contribution < -0.4 is 31.6 Å². The minimum Gasteiger partial charge on any atom is -0.456 e. The van der Waals surface area contributed by atoms with E-state index in [0.29, 0.717) is 62.4 Å². The number of thioether (sulfide) groups is 4. The largest absolute Gasteiger partial charge is 0.456 e. The van der Waals surface area contributed by atoms with Crippen molar-refractivity contribution in [2.24, 2.45) is 21.8 Å². The van der Waals surface area contributed by atoms with Crippen molar-refractivity contribution in [1.82, 2.24) is 31.2 Å². The number of aromatic nitrogens is 2. The van der Waals surface area contributed by atoms with E-state index in [9.17, 15) is 33.9 Å². The average molecular weight is 2110 g/mol. The quantitative estimate of drug-likeness (QED) is 0.0111. The van der Waals surface area contributed by atoms with Crippen LogP contribution in [0.25, 0.3) is 20.9 Å². The Kier molecular flexibility index (Phi) is 38.9. The molecule has 0 radical (unpaired) electrons. The maximum absolute atomic E-state index is 14.3. The number of fused-ring (bicyclic) bond motifs is 8. The zero-order valence-electron chi connectivity index (χ0n) is 79.4. The van der Waals surface area contributed by atoms with Crippen molar-refractivity contribution in [2.75, 3.05) is 23.0 Å². The number of ether oxygens (including phenoxy) is 2. The van der Waals surface area contributed by atoms with Crippen molar-refractivity contribution in [3.8, 4) is 20.9 Å².